The topological polar surface area (TPSA) is 50.8 Å². The van der Waals surface area contributed by atoms with Gasteiger partial charge in [0.1, 0.15) is 5.75 Å². The van der Waals surface area contributed by atoms with Gasteiger partial charge in [0, 0.05) is 29.6 Å². The summed E-state index contributed by atoms with van der Waals surface area (Å²) in [5.41, 5.74) is 0.956. The Morgan fingerprint density at radius 1 is 1.48 bits per heavy atom. The molecule has 23 heavy (non-hydrogen) atoms. The molecule has 3 rings (SSSR count). The number of carbonyl (C=O) groups excluding carboxylic acids is 1. The summed E-state index contributed by atoms with van der Waals surface area (Å²) in [6.45, 7) is 6.91. The zero-order valence-corrected chi connectivity index (χ0v) is 14.5. The molecule has 0 bridgehead atoms. The van der Waals surface area contributed by atoms with Gasteiger partial charge in [-0.1, -0.05) is 25.4 Å². The molecular formula is C17H23ClN2O3. The Labute approximate surface area is 141 Å². The van der Waals surface area contributed by atoms with Crippen molar-refractivity contribution in [2.75, 3.05) is 26.9 Å². The molecule has 1 aromatic carbocycles. The maximum atomic E-state index is 12.6. The molecule has 0 saturated carbocycles. The van der Waals surface area contributed by atoms with Gasteiger partial charge in [0.05, 0.1) is 26.4 Å². The Kier molecular flexibility index (Phi) is 4.43. The van der Waals surface area contributed by atoms with E-state index in [1.54, 1.807) is 13.2 Å². The maximum Gasteiger partial charge on any atom is 0.318 e. The lowest BCUT2D eigenvalue weighted by atomic mass is 9.80. The number of fused-ring (bicyclic) bond motifs is 1. The van der Waals surface area contributed by atoms with Crippen molar-refractivity contribution in [3.05, 3.63) is 28.8 Å². The molecule has 2 aliphatic heterocycles. The van der Waals surface area contributed by atoms with E-state index in [0.717, 1.165) is 24.5 Å². The summed E-state index contributed by atoms with van der Waals surface area (Å²) in [4.78, 5) is 14.5. The van der Waals surface area contributed by atoms with Crippen molar-refractivity contribution in [3.63, 3.8) is 0 Å². The largest absolute Gasteiger partial charge is 0.496 e. The molecular weight excluding hydrogens is 316 g/mol. The fraction of sp³-hybridized carbons (Fsp3) is 0.588. The Balaban J connectivity index is 1.67. The number of urea groups is 1. The van der Waals surface area contributed by atoms with Crippen molar-refractivity contribution >= 4 is 17.6 Å². The molecule has 0 spiro atoms. The molecule has 1 aromatic rings. The lowest BCUT2D eigenvalue weighted by Gasteiger charge is -2.24. The van der Waals surface area contributed by atoms with Crippen molar-refractivity contribution in [3.8, 4) is 5.75 Å². The van der Waals surface area contributed by atoms with Crippen molar-refractivity contribution in [2.45, 2.75) is 26.4 Å². The molecule has 2 heterocycles. The van der Waals surface area contributed by atoms with E-state index in [9.17, 15) is 4.79 Å². The maximum absolute atomic E-state index is 12.6. The quantitative estimate of drug-likeness (QED) is 0.922. The number of amides is 2. The highest BCUT2D eigenvalue weighted by Crippen LogP contribution is 2.43. The summed E-state index contributed by atoms with van der Waals surface area (Å²) in [5, 5.41) is 3.61. The van der Waals surface area contributed by atoms with Crippen LogP contribution in [0.15, 0.2) is 18.2 Å². The second-order valence-corrected chi connectivity index (χ2v) is 7.38. The van der Waals surface area contributed by atoms with Crippen LogP contribution in [-0.4, -0.2) is 43.8 Å². The summed E-state index contributed by atoms with van der Waals surface area (Å²) in [6.07, 6.45) is 0. The normalized spacial score (nSPS) is 25.3. The van der Waals surface area contributed by atoms with Gasteiger partial charge < -0.3 is 19.7 Å². The number of methoxy groups -OCH3 is 1. The van der Waals surface area contributed by atoms with Crippen molar-refractivity contribution in [2.24, 2.45) is 11.3 Å². The Bertz CT molecular complexity index is 606. The van der Waals surface area contributed by atoms with Gasteiger partial charge >= 0.3 is 6.03 Å². The van der Waals surface area contributed by atoms with Gasteiger partial charge in [0.25, 0.3) is 0 Å². The molecule has 6 heteroatoms. The number of nitrogens with zero attached hydrogens (tertiary/aromatic N) is 1. The van der Waals surface area contributed by atoms with E-state index in [0.29, 0.717) is 24.1 Å². The second kappa shape index (κ2) is 6.21. The van der Waals surface area contributed by atoms with E-state index >= 15 is 0 Å². The average Bonchev–Trinajstić information content (AvgIpc) is 3.08. The van der Waals surface area contributed by atoms with E-state index in [2.05, 4.69) is 19.2 Å². The highest BCUT2D eigenvalue weighted by molar-refractivity contribution is 6.30. The Morgan fingerprint density at radius 2 is 2.26 bits per heavy atom. The van der Waals surface area contributed by atoms with Crippen LogP contribution >= 0.6 is 11.6 Å². The lowest BCUT2D eigenvalue weighted by molar-refractivity contribution is 0.124. The molecule has 2 saturated heterocycles. The van der Waals surface area contributed by atoms with Crippen LogP contribution in [-0.2, 0) is 11.3 Å². The van der Waals surface area contributed by atoms with Crippen molar-refractivity contribution in [1.29, 1.82) is 0 Å². The third-order valence-electron chi connectivity index (χ3n) is 4.97. The summed E-state index contributed by atoms with van der Waals surface area (Å²) in [5.74, 6) is 1.13. The number of carbonyl (C=O) groups is 1. The molecule has 0 aliphatic carbocycles. The molecule has 2 fully saturated rings. The van der Waals surface area contributed by atoms with Gasteiger partial charge in [-0.2, -0.15) is 0 Å². The van der Waals surface area contributed by atoms with Gasteiger partial charge in [-0.15, -0.1) is 0 Å². The van der Waals surface area contributed by atoms with E-state index in [1.807, 2.05) is 17.0 Å². The van der Waals surface area contributed by atoms with Crippen LogP contribution in [0.4, 0.5) is 4.79 Å². The number of ether oxygens (including phenoxy) is 2. The number of likely N-dealkylation sites (tertiary alicyclic amines) is 1. The second-order valence-electron chi connectivity index (χ2n) is 6.94. The number of benzene rings is 1. The molecule has 2 amide bonds. The lowest BCUT2D eigenvalue weighted by Crippen LogP contribution is -2.44. The van der Waals surface area contributed by atoms with Gasteiger partial charge in [0.15, 0.2) is 0 Å². The third kappa shape index (κ3) is 3.12. The highest BCUT2D eigenvalue weighted by atomic mass is 35.5. The van der Waals surface area contributed by atoms with E-state index in [-0.39, 0.29) is 17.5 Å². The zero-order valence-electron chi connectivity index (χ0n) is 13.8. The fourth-order valence-corrected chi connectivity index (χ4v) is 3.84. The van der Waals surface area contributed by atoms with Gasteiger partial charge in [-0.25, -0.2) is 4.79 Å². The minimum atomic E-state index is -0.0573. The monoisotopic (exact) mass is 338 g/mol. The minimum Gasteiger partial charge on any atom is -0.496 e. The van der Waals surface area contributed by atoms with Crippen LogP contribution in [0.2, 0.25) is 5.02 Å². The molecule has 0 aromatic heterocycles. The zero-order chi connectivity index (χ0) is 16.6. The predicted molar refractivity (Wildman–Crippen MR) is 88.8 cm³/mol. The standard InChI is InChI=1S/C17H23ClN2O3/c1-17(2)10-20(14-9-23-8-13(14)17)16(21)19-7-11-6-12(18)4-5-15(11)22-3/h4-6,13-14H,7-10H2,1-3H3,(H,19,21)/t13-,14+/m1/s1. The molecule has 0 unspecified atom stereocenters. The van der Waals surface area contributed by atoms with Crippen molar-refractivity contribution < 1.29 is 14.3 Å². The summed E-state index contributed by atoms with van der Waals surface area (Å²) >= 11 is 6.03. The Hall–Kier alpha value is -1.46. The van der Waals surface area contributed by atoms with E-state index < -0.39 is 0 Å². The van der Waals surface area contributed by atoms with E-state index in [1.165, 1.54) is 0 Å². The van der Waals surface area contributed by atoms with Crippen LogP contribution in [0.3, 0.4) is 0 Å². The van der Waals surface area contributed by atoms with Crippen LogP contribution in [0.25, 0.3) is 0 Å². The number of halogens is 1. The van der Waals surface area contributed by atoms with Crippen molar-refractivity contribution in [1.82, 2.24) is 10.2 Å². The minimum absolute atomic E-state index is 0.0573. The Morgan fingerprint density at radius 3 is 3.00 bits per heavy atom. The number of hydrogen-bond acceptors (Lipinski definition) is 3. The summed E-state index contributed by atoms with van der Waals surface area (Å²) in [7, 11) is 1.61. The van der Waals surface area contributed by atoms with Crippen LogP contribution in [0, 0.1) is 11.3 Å². The van der Waals surface area contributed by atoms with Crippen LogP contribution in [0.1, 0.15) is 19.4 Å². The van der Waals surface area contributed by atoms with Gasteiger partial charge in [-0.05, 0) is 23.6 Å². The number of rotatable bonds is 3. The first-order valence-corrected chi connectivity index (χ1v) is 8.25. The first kappa shape index (κ1) is 16.4. The SMILES string of the molecule is COc1ccc(Cl)cc1CNC(=O)N1CC(C)(C)[C@@H]2COC[C@@H]21. The fourth-order valence-electron chi connectivity index (χ4n) is 3.65. The van der Waals surface area contributed by atoms with Crippen LogP contribution < -0.4 is 10.1 Å². The third-order valence-corrected chi connectivity index (χ3v) is 5.20. The predicted octanol–water partition coefficient (Wildman–Crippen LogP) is 2.92. The number of hydrogen-bond donors (Lipinski definition) is 1. The molecule has 126 valence electrons. The first-order chi connectivity index (χ1) is 10.9. The summed E-state index contributed by atoms with van der Waals surface area (Å²) in [6, 6.07) is 5.51. The van der Waals surface area contributed by atoms with Gasteiger partial charge in [-0.3, -0.25) is 0 Å². The molecule has 1 N–H and O–H groups in total. The first-order valence-electron chi connectivity index (χ1n) is 7.87. The molecule has 0 radical (unpaired) electrons. The summed E-state index contributed by atoms with van der Waals surface area (Å²) < 4.78 is 10.9. The van der Waals surface area contributed by atoms with E-state index in [4.69, 9.17) is 21.1 Å². The molecule has 2 atom stereocenters. The smallest absolute Gasteiger partial charge is 0.318 e. The van der Waals surface area contributed by atoms with Gasteiger partial charge in [0.2, 0.25) is 0 Å². The van der Waals surface area contributed by atoms with Crippen LogP contribution in [0.5, 0.6) is 5.75 Å². The molecule has 2 aliphatic rings. The number of nitrogens with one attached hydrogen (secondary N) is 1. The highest BCUT2D eigenvalue weighted by Gasteiger charge is 2.51. The average molecular weight is 339 g/mol. The molecule has 5 nitrogen and oxygen atoms in total.